The number of carbonyl (C=O) groups is 1. The quantitative estimate of drug-likeness (QED) is 0.871. The van der Waals surface area contributed by atoms with Gasteiger partial charge in [-0.05, 0) is 49.4 Å². The molecule has 1 fully saturated rings. The third kappa shape index (κ3) is 3.07. The van der Waals surface area contributed by atoms with Crippen molar-refractivity contribution < 1.29 is 9.90 Å². The smallest absolute Gasteiger partial charge is 0.254 e. The van der Waals surface area contributed by atoms with Crippen LogP contribution in [-0.4, -0.2) is 42.7 Å². The van der Waals surface area contributed by atoms with Crippen molar-refractivity contribution in [1.29, 1.82) is 0 Å². The number of aliphatic hydroxyl groups is 1. The summed E-state index contributed by atoms with van der Waals surface area (Å²) >= 11 is 0. The van der Waals surface area contributed by atoms with E-state index in [4.69, 9.17) is 5.11 Å². The first-order chi connectivity index (χ1) is 9.15. The summed E-state index contributed by atoms with van der Waals surface area (Å²) in [5.41, 5.74) is 2.81. The molecular formula is C15H22N2O2. The van der Waals surface area contributed by atoms with Gasteiger partial charge in [-0.3, -0.25) is 4.79 Å². The zero-order chi connectivity index (χ0) is 13.8. The Morgan fingerprint density at radius 3 is 2.95 bits per heavy atom. The van der Waals surface area contributed by atoms with Crippen LogP contribution in [0.3, 0.4) is 0 Å². The summed E-state index contributed by atoms with van der Waals surface area (Å²) in [6.45, 7) is 3.75. The minimum absolute atomic E-state index is 0.112. The molecule has 0 saturated carbocycles. The van der Waals surface area contributed by atoms with Crippen molar-refractivity contribution in [2.45, 2.75) is 19.8 Å². The molecule has 2 rings (SSSR count). The summed E-state index contributed by atoms with van der Waals surface area (Å²) in [6, 6.07) is 5.82. The fourth-order valence-corrected chi connectivity index (χ4v) is 2.66. The van der Waals surface area contributed by atoms with Gasteiger partial charge in [0, 0.05) is 38.0 Å². The molecule has 1 amide bonds. The Kier molecular flexibility index (Phi) is 4.43. The second kappa shape index (κ2) is 6.06. The van der Waals surface area contributed by atoms with Gasteiger partial charge >= 0.3 is 0 Å². The maximum absolute atomic E-state index is 12.5. The highest BCUT2D eigenvalue weighted by molar-refractivity contribution is 5.96. The van der Waals surface area contributed by atoms with Gasteiger partial charge in [0.05, 0.1) is 0 Å². The van der Waals surface area contributed by atoms with Gasteiger partial charge in [0.2, 0.25) is 0 Å². The van der Waals surface area contributed by atoms with Crippen molar-refractivity contribution in [1.82, 2.24) is 4.90 Å². The van der Waals surface area contributed by atoms with Gasteiger partial charge in [-0.2, -0.15) is 0 Å². The predicted octanol–water partition coefficient (Wildman–Crippen LogP) is 1.88. The highest BCUT2D eigenvalue weighted by Gasteiger charge is 2.27. The molecule has 0 aromatic heterocycles. The fraction of sp³-hybridized carbons (Fsp3) is 0.533. The Morgan fingerprint density at radius 2 is 2.32 bits per heavy atom. The van der Waals surface area contributed by atoms with Crippen LogP contribution in [0.15, 0.2) is 18.2 Å². The number of likely N-dealkylation sites (tertiary alicyclic amines) is 1. The highest BCUT2D eigenvalue weighted by atomic mass is 16.3. The first-order valence-corrected chi connectivity index (χ1v) is 6.84. The maximum Gasteiger partial charge on any atom is 0.254 e. The summed E-state index contributed by atoms with van der Waals surface area (Å²) in [7, 11) is 1.87. The first-order valence-electron chi connectivity index (χ1n) is 6.84. The van der Waals surface area contributed by atoms with Crippen LogP contribution in [0, 0.1) is 12.8 Å². The topological polar surface area (TPSA) is 52.6 Å². The van der Waals surface area contributed by atoms with Gasteiger partial charge in [-0.15, -0.1) is 0 Å². The number of aliphatic hydroxyl groups excluding tert-OH is 1. The third-order valence-corrected chi connectivity index (χ3v) is 3.86. The van der Waals surface area contributed by atoms with E-state index in [9.17, 15) is 4.79 Å². The van der Waals surface area contributed by atoms with E-state index in [0.717, 1.165) is 42.7 Å². The Bertz CT molecular complexity index is 459. The number of rotatable bonds is 4. The van der Waals surface area contributed by atoms with Crippen LogP contribution in [0.5, 0.6) is 0 Å². The minimum atomic E-state index is 0.112. The number of nitrogens with one attached hydrogen (secondary N) is 1. The lowest BCUT2D eigenvalue weighted by Crippen LogP contribution is -2.29. The Morgan fingerprint density at radius 1 is 1.53 bits per heavy atom. The van der Waals surface area contributed by atoms with Crippen LogP contribution in [0.2, 0.25) is 0 Å². The van der Waals surface area contributed by atoms with E-state index in [1.165, 1.54) is 0 Å². The summed E-state index contributed by atoms with van der Waals surface area (Å²) in [5, 5.41) is 12.0. The number of benzene rings is 1. The highest BCUT2D eigenvalue weighted by Crippen LogP contribution is 2.23. The molecule has 1 aromatic carbocycles. The van der Waals surface area contributed by atoms with Crippen molar-refractivity contribution in [3.63, 3.8) is 0 Å². The number of carbonyl (C=O) groups excluding carboxylic acids is 1. The molecule has 19 heavy (non-hydrogen) atoms. The van der Waals surface area contributed by atoms with E-state index >= 15 is 0 Å². The first kappa shape index (κ1) is 13.9. The molecule has 2 N–H and O–H groups in total. The van der Waals surface area contributed by atoms with Crippen molar-refractivity contribution in [3.05, 3.63) is 29.3 Å². The molecule has 1 unspecified atom stereocenters. The molecule has 1 atom stereocenters. The number of anilines is 1. The Hall–Kier alpha value is -1.55. The molecule has 0 bridgehead atoms. The monoisotopic (exact) mass is 262 g/mol. The van der Waals surface area contributed by atoms with E-state index in [1.807, 2.05) is 37.1 Å². The molecule has 1 saturated heterocycles. The molecule has 4 heteroatoms. The second-order valence-corrected chi connectivity index (χ2v) is 5.20. The van der Waals surface area contributed by atoms with Gasteiger partial charge in [-0.25, -0.2) is 0 Å². The molecule has 0 radical (unpaired) electrons. The third-order valence-electron chi connectivity index (χ3n) is 3.86. The number of amides is 1. The lowest BCUT2D eigenvalue weighted by Gasteiger charge is -2.18. The summed E-state index contributed by atoms with van der Waals surface area (Å²) in [6.07, 6.45) is 1.79. The Balaban J connectivity index is 2.08. The van der Waals surface area contributed by atoms with Crippen molar-refractivity contribution >= 4 is 11.6 Å². The van der Waals surface area contributed by atoms with Crippen LogP contribution in [0.1, 0.15) is 28.8 Å². The average Bonchev–Trinajstić information content (AvgIpc) is 2.87. The van der Waals surface area contributed by atoms with E-state index < -0.39 is 0 Å². The fourth-order valence-electron chi connectivity index (χ4n) is 2.66. The number of nitrogens with zero attached hydrogens (tertiary/aromatic N) is 1. The minimum Gasteiger partial charge on any atom is -0.396 e. The summed E-state index contributed by atoms with van der Waals surface area (Å²) < 4.78 is 0. The van der Waals surface area contributed by atoms with E-state index in [2.05, 4.69) is 5.32 Å². The Labute approximate surface area is 114 Å². The van der Waals surface area contributed by atoms with Gasteiger partial charge in [-0.1, -0.05) is 0 Å². The zero-order valence-corrected chi connectivity index (χ0v) is 11.6. The molecule has 0 aliphatic carbocycles. The van der Waals surface area contributed by atoms with Crippen LogP contribution >= 0.6 is 0 Å². The number of aryl methyl sites for hydroxylation is 1. The predicted molar refractivity (Wildman–Crippen MR) is 76.4 cm³/mol. The van der Waals surface area contributed by atoms with Crippen molar-refractivity contribution in [2.75, 3.05) is 32.1 Å². The standard InChI is InChI=1S/C15H22N2O2/c1-11-9-13(16-2)3-4-14(11)15(19)17-7-5-12(10-17)6-8-18/h3-4,9,12,16,18H,5-8,10H2,1-2H3. The lowest BCUT2D eigenvalue weighted by atomic mass is 10.1. The average molecular weight is 262 g/mol. The van der Waals surface area contributed by atoms with Gasteiger partial charge in [0.1, 0.15) is 0 Å². The van der Waals surface area contributed by atoms with Crippen LogP contribution in [0.4, 0.5) is 5.69 Å². The number of hydrogen-bond acceptors (Lipinski definition) is 3. The molecule has 104 valence electrons. The largest absolute Gasteiger partial charge is 0.396 e. The summed E-state index contributed by atoms with van der Waals surface area (Å²) in [4.78, 5) is 14.4. The molecule has 4 nitrogen and oxygen atoms in total. The second-order valence-electron chi connectivity index (χ2n) is 5.20. The van der Waals surface area contributed by atoms with E-state index in [0.29, 0.717) is 5.92 Å². The van der Waals surface area contributed by atoms with Crippen LogP contribution in [-0.2, 0) is 0 Å². The molecule has 1 heterocycles. The molecule has 0 spiro atoms. The van der Waals surface area contributed by atoms with Crippen LogP contribution in [0.25, 0.3) is 0 Å². The van der Waals surface area contributed by atoms with E-state index in [-0.39, 0.29) is 12.5 Å². The SMILES string of the molecule is CNc1ccc(C(=O)N2CCC(CCO)C2)c(C)c1. The van der Waals surface area contributed by atoms with Gasteiger partial charge in [0.25, 0.3) is 5.91 Å². The maximum atomic E-state index is 12.5. The normalized spacial score (nSPS) is 18.7. The molecule has 1 aliphatic rings. The van der Waals surface area contributed by atoms with Gasteiger partial charge in [0.15, 0.2) is 0 Å². The lowest BCUT2D eigenvalue weighted by molar-refractivity contribution is 0.0784. The molecular weight excluding hydrogens is 240 g/mol. The molecule has 1 aliphatic heterocycles. The van der Waals surface area contributed by atoms with Crippen molar-refractivity contribution in [3.8, 4) is 0 Å². The zero-order valence-electron chi connectivity index (χ0n) is 11.6. The van der Waals surface area contributed by atoms with E-state index in [1.54, 1.807) is 0 Å². The van der Waals surface area contributed by atoms with Gasteiger partial charge < -0.3 is 15.3 Å². The van der Waals surface area contributed by atoms with Crippen molar-refractivity contribution in [2.24, 2.45) is 5.92 Å². The molecule has 1 aromatic rings. The summed E-state index contributed by atoms with van der Waals surface area (Å²) in [5.74, 6) is 0.562. The number of hydrogen-bond donors (Lipinski definition) is 2. The van der Waals surface area contributed by atoms with Crippen LogP contribution < -0.4 is 5.32 Å².